The van der Waals surface area contributed by atoms with Crippen molar-refractivity contribution in [3.63, 3.8) is 0 Å². The lowest BCUT2D eigenvalue weighted by Gasteiger charge is -2.21. The molecule has 1 aromatic carbocycles. The molecule has 1 aromatic heterocycles. The molecule has 0 fully saturated rings. The molecule has 0 saturated carbocycles. The third kappa shape index (κ3) is 3.39. The topological polar surface area (TPSA) is 77.4 Å². The summed E-state index contributed by atoms with van der Waals surface area (Å²) in [6.45, 7) is 0.578. The van der Waals surface area contributed by atoms with Gasteiger partial charge in [0, 0.05) is 36.5 Å². The van der Waals surface area contributed by atoms with E-state index in [1.54, 1.807) is 31.2 Å². The van der Waals surface area contributed by atoms with E-state index < -0.39 is 6.04 Å². The molecule has 2 aromatic rings. The molecule has 1 aliphatic heterocycles. The number of amides is 1. The van der Waals surface area contributed by atoms with E-state index in [2.05, 4.69) is 15.7 Å². The zero-order valence-electron chi connectivity index (χ0n) is 13.5. The number of carbonyl (C=O) groups excluding carboxylic acids is 1. The fourth-order valence-corrected chi connectivity index (χ4v) is 2.71. The second-order valence-electron chi connectivity index (χ2n) is 5.55. The van der Waals surface area contributed by atoms with Gasteiger partial charge in [0.25, 0.3) is 0 Å². The summed E-state index contributed by atoms with van der Waals surface area (Å²) in [5.74, 6) is -0.0366. The zero-order valence-corrected chi connectivity index (χ0v) is 13.5. The maximum atomic E-state index is 13.7. The van der Waals surface area contributed by atoms with Crippen molar-refractivity contribution in [2.24, 2.45) is 7.05 Å². The van der Waals surface area contributed by atoms with E-state index in [9.17, 15) is 9.18 Å². The molecule has 8 heteroatoms. The van der Waals surface area contributed by atoms with Crippen LogP contribution in [0, 0.1) is 5.82 Å². The van der Waals surface area contributed by atoms with Crippen LogP contribution in [0.1, 0.15) is 22.7 Å². The summed E-state index contributed by atoms with van der Waals surface area (Å²) < 4.78 is 26.0. The zero-order chi connectivity index (χ0) is 17.1. The molecule has 2 N–H and O–H groups in total. The molecule has 0 saturated heterocycles. The number of hydrogen-bond acceptors (Lipinski definition) is 5. The van der Waals surface area contributed by atoms with Crippen LogP contribution in [0.4, 0.5) is 4.39 Å². The molecule has 1 amide bonds. The number of ether oxygens (including phenoxy) is 2. The first kappa shape index (κ1) is 16.4. The molecule has 24 heavy (non-hydrogen) atoms. The summed E-state index contributed by atoms with van der Waals surface area (Å²) in [7, 11) is 3.48. The highest BCUT2D eigenvalue weighted by Crippen LogP contribution is 2.29. The Hall–Kier alpha value is -2.45. The highest BCUT2D eigenvalue weighted by molar-refractivity contribution is 5.83. The first-order chi connectivity index (χ1) is 11.6. The molecular weight excluding hydrogens is 315 g/mol. The van der Waals surface area contributed by atoms with E-state index in [1.807, 2.05) is 0 Å². The predicted octanol–water partition coefficient (Wildman–Crippen LogP) is 1.00. The molecule has 128 valence electrons. The fraction of sp³-hybridized carbons (Fsp3) is 0.375. The molecule has 1 atom stereocenters. The Morgan fingerprint density at radius 2 is 2.33 bits per heavy atom. The van der Waals surface area contributed by atoms with Crippen molar-refractivity contribution in [1.29, 1.82) is 0 Å². The monoisotopic (exact) mass is 334 g/mol. The van der Waals surface area contributed by atoms with Crippen molar-refractivity contribution >= 4 is 5.91 Å². The molecular formula is C16H19FN4O3. The number of benzene rings is 1. The number of likely N-dealkylation sites (N-methyl/N-ethyl adjacent to an activating group) is 1. The molecule has 0 radical (unpaired) electrons. The second-order valence-corrected chi connectivity index (χ2v) is 5.55. The first-order valence-electron chi connectivity index (χ1n) is 7.54. The van der Waals surface area contributed by atoms with Gasteiger partial charge in [-0.25, -0.2) is 4.39 Å². The fourth-order valence-electron chi connectivity index (χ4n) is 2.71. The van der Waals surface area contributed by atoms with E-state index in [0.717, 1.165) is 5.56 Å². The molecule has 1 aliphatic rings. The molecule has 0 spiro atoms. The Morgan fingerprint density at radius 1 is 1.50 bits per heavy atom. The van der Waals surface area contributed by atoms with Crippen molar-refractivity contribution in [3.05, 3.63) is 47.0 Å². The van der Waals surface area contributed by atoms with Crippen molar-refractivity contribution in [3.8, 4) is 5.75 Å². The van der Waals surface area contributed by atoms with Crippen molar-refractivity contribution in [2.45, 2.75) is 19.2 Å². The normalized spacial score (nSPS) is 14.6. The number of nitrogens with one attached hydrogen (secondary N) is 2. The van der Waals surface area contributed by atoms with Crippen molar-refractivity contribution < 1.29 is 18.7 Å². The summed E-state index contributed by atoms with van der Waals surface area (Å²) >= 11 is 0. The second kappa shape index (κ2) is 6.98. The lowest BCUT2D eigenvalue weighted by molar-refractivity contribution is -0.123. The predicted molar refractivity (Wildman–Crippen MR) is 83.5 cm³/mol. The number of halogens is 1. The van der Waals surface area contributed by atoms with Gasteiger partial charge in [0.15, 0.2) is 6.79 Å². The summed E-state index contributed by atoms with van der Waals surface area (Å²) in [4.78, 5) is 12.4. The molecule has 2 heterocycles. The van der Waals surface area contributed by atoms with Crippen LogP contribution in [0.25, 0.3) is 0 Å². The van der Waals surface area contributed by atoms with E-state index in [1.165, 1.54) is 12.1 Å². The SMILES string of the molecule is CNC(C(=O)NCc1cc(F)cc2c1OCOC2)c1cnn(C)c1. The van der Waals surface area contributed by atoms with Gasteiger partial charge in [-0.1, -0.05) is 0 Å². The maximum Gasteiger partial charge on any atom is 0.242 e. The van der Waals surface area contributed by atoms with Gasteiger partial charge in [0.05, 0.1) is 12.8 Å². The quantitative estimate of drug-likeness (QED) is 0.853. The van der Waals surface area contributed by atoms with E-state index in [0.29, 0.717) is 23.5 Å². The van der Waals surface area contributed by atoms with E-state index in [4.69, 9.17) is 9.47 Å². The smallest absolute Gasteiger partial charge is 0.242 e. The molecule has 7 nitrogen and oxygen atoms in total. The van der Waals surface area contributed by atoms with Crippen LogP contribution in [0.5, 0.6) is 5.75 Å². The Kier molecular flexibility index (Phi) is 4.77. The van der Waals surface area contributed by atoms with Gasteiger partial charge in [0.1, 0.15) is 17.6 Å². The molecule has 3 rings (SSSR count). The highest BCUT2D eigenvalue weighted by Gasteiger charge is 2.22. The Bertz CT molecular complexity index is 747. The summed E-state index contributed by atoms with van der Waals surface area (Å²) in [5.41, 5.74) is 1.98. The van der Waals surface area contributed by atoms with Gasteiger partial charge in [-0.15, -0.1) is 0 Å². The van der Waals surface area contributed by atoms with E-state index >= 15 is 0 Å². The minimum atomic E-state index is -0.535. The van der Waals surface area contributed by atoms with Gasteiger partial charge in [-0.2, -0.15) is 5.10 Å². The molecule has 0 aliphatic carbocycles. The van der Waals surface area contributed by atoms with Crippen LogP contribution in [-0.4, -0.2) is 29.5 Å². The Balaban J connectivity index is 1.73. The third-order valence-corrected chi connectivity index (χ3v) is 3.81. The molecule has 1 unspecified atom stereocenters. The van der Waals surface area contributed by atoms with Gasteiger partial charge in [-0.3, -0.25) is 9.48 Å². The van der Waals surface area contributed by atoms with Gasteiger partial charge >= 0.3 is 0 Å². The minimum absolute atomic E-state index is 0.119. The van der Waals surface area contributed by atoms with Gasteiger partial charge in [-0.05, 0) is 19.2 Å². The lowest BCUT2D eigenvalue weighted by Crippen LogP contribution is -2.35. The van der Waals surface area contributed by atoms with Crippen LogP contribution in [-0.2, 0) is 29.7 Å². The standard InChI is InChI=1S/C16H19FN4O3/c1-18-14(12-6-20-21(2)7-12)16(22)19-5-10-3-13(17)4-11-8-23-9-24-15(10)11/h3-4,6-7,14,18H,5,8-9H2,1-2H3,(H,19,22). The number of aromatic nitrogens is 2. The first-order valence-corrected chi connectivity index (χ1v) is 7.54. The van der Waals surface area contributed by atoms with Gasteiger partial charge in [0.2, 0.25) is 5.91 Å². The summed E-state index contributed by atoms with van der Waals surface area (Å²) in [6.07, 6.45) is 3.40. The Labute approximate surface area is 138 Å². The number of hydrogen-bond donors (Lipinski definition) is 2. The molecule has 0 bridgehead atoms. The highest BCUT2D eigenvalue weighted by atomic mass is 19.1. The van der Waals surface area contributed by atoms with E-state index in [-0.39, 0.29) is 25.1 Å². The van der Waals surface area contributed by atoms with Crippen LogP contribution in [0.15, 0.2) is 24.5 Å². The largest absolute Gasteiger partial charge is 0.467 e. The van der Waals surface area contributed by atoms with Crippen molar-refractivity contribution in [1.82, 2.24) is 20.4 Å². The van der Waals surface area contributed by atoms with Crippen LogP contribution < -0.4 is 15.4 Å². The number of carbonyl (C=O) groups is 1. The number of rotatable bonds is 5. The van der Waals surface area contributed by atoms with Gasteiger partial charge < -0.3 is 20.1 Å². The lowest BCUT2D eigenvalue weighted by atomic mass is 10.1. The van der Waals surface area contributed by atoms with Crippen LogP contribution in [0.2, 0.25) is 0 Å². The van der Waals surface area contributed by atoms with Crippen LogP contribution >= 0.6 is 0 Å². The van der Waals surface area contributed by atoms with Crippen LogP contribution in [0.3, 0.4) is 0 Å². The average molecular weight is 334 g/mol. The summed E-state index contributed by atoms with van der Waals surface area (Å²) in [6, 6.07) is 2.21. The number of fused-ring (bicyclic) bond motifs is 1. The third-order valence-electron chi connectivity index (χ3n) is 3.81. The van der Waals surface area contributed by atoms with Crippen molar-refractivity contribution in [2.75, 3.05) is 13.8 Å². The summed E-state index contributed by atoms with van der Waals surface area (Å²) in [5, 5.41) is 9.83. The maximum absolute atomic E-state index is 13.7. The number of aryl methyl sites for hydroxylation is 1. The minimum Gasteiger partial charge on any atom is -0.467 e. The number of nitrogens with zero attached hydrogens (tertiary/aromatic N) is 2. The average Bonchev–Trinajstić information content (AvgIpc) is 2.99. The Morgan fingerprint density at radius 3 is 3.04 bits per heavy atom.